The molecule has 2 rings (SSSR count). The summed E-state index contributed by atoms with van der Waals surface area (Å²) in [6, 6.07) is 3.87. The number of aromatic nitrogens is 3. The van der Waals surface area contributed by atoms with Crippen molar-refractivity contribution >= 4 is 12.2 Å². The highest BCUT2D eigenvalue weighted by Crippen LogP contribution is 2.17. The normalized spacial score (nSPS) is 11.9. The number of nitrogens with one attached hydrogen (secondary N) is 1. The molecule has 0 saturated carbocycles. The first kappa shape index (κ1) is 12.1. The van der Waals surface area contributed by atoms with Gasteiger partial charge in [-0.2, -0.15) is 5.10 Å². The Morgan fingerprint density at radius 1 is 1.41 bits per heavy atom. The molecule has 2 aromatic rings. The predicted molar refractivity (Wildman–Crippen MR) is 68.5 cm³/mol. The van der Waals surface area contributed by atoms with E-state index in [0.29, 0.717) is 4.77 Å². The number of aromatic amines is 1. The molecule has 0 amide bonds. The zero-order chi connectivity index (χ0) is 12.5. The van der Waals surface area contributed by atoms with E-state index in [4.69, 9.17) is 16.6 Å². The van der Waals surface area contributed by atoms with Gasteiger partial charge in [-0.05, 0) is 45.1 Å². The SMILES string of the molecule is CC(C)(C)n1c(CCc2ccco2)n[nH]c1=S. The molecule has 0 aliphatic carbocycles. The van der Waals surface area contributed by atoms with E-state index in [1.165, 1.54) is 0 Å². The minimum Gasteiger partial charge on any atom is -0.469 e. The summed E-state index contributed by atoms with van der Waals surface area (Å²) in [5.41, 5.74) is -0.0530. The second-order valence-corrected chi connectivity index (χ2v) is 5.42. The molecule has 0 aromatic carbocycles. The third kappa shape index (κ3) is 2.66. The summed E-state index contributed by atoms with van der Waals surface area (Å²) in [6.07, 6.45) is 3.34. The van der Waals surface area contributed by atoms with Crippen LogP contribution in [-0.4, -0.2) is 14.8 Å². The maximum absolute atomic E-state index is 5.31. The number of nitrogens with zero attached hydrogens (tertiary/aromatic N) is 2. The molecule has 2 aromatic heterocycles. The number of aryl methyl sites for hydroxylation is 2. The maximum atomic E-state index is 5.31. The third-order valence-electron chi connectivity index (χ3n) is 2.59. The van der Waals surface area contributed by atoms with Crippen molar-refractivity contribution in [2.24, 2.45) is 0 Å². The van der Waals surface area contributed by atoms with Gasteiger partial charge < -0.3 is 4.42 Å². The molecule has 0 spiro atoms. The van der Waals surface area contributed by atoms with Gasteiger partial charge in [0.1, 0.15) is 11.6 Å². The van der Waals surface area contributed by atoms with Crippen molar-refractivity contribution in [2.75, 3.05) is 0 Å². The average molecular weight is 251 g/mol. The molecule has 0 bridgehead atoms. The fourth-order valence-corrected chi connectivity index (χ4v) is 2.30. The molecule has 0 aliphatic rings. The first-order valence-corrected chi connectivity index (χ1v) is 6.08. The van der Waals surface area contributed by atoms with Crippen molar-refractivity contribution in [1.82, 2.24) is 14.8 Å². The second kappa shape index (κ2) is 4.49. The first-order chi connectivity index (χ1) is 7.98. The standard InChI is InChI=1S/C12H17N3OS/c1-12(2,3)15-10(13-14-11(15)17)7-6-9-5-4-8-16-9/h4-5,8H,6-7H2,1-3H3,(H,14,17). The predicted octanol–water partition coefficient (Wildman–Crippen LogP) is 3.07. The molecular weight excluding hydrogens is 234 g/mol. The summed E-state index contributed by atoms with van der Waals surface area (Å²) in [5.74, 6) is 1.94. The van der Waals surface area contributed by atoms with Gasteiger partial charge in [0.2, 0.25) is 0 Å². The van der Waals surface area contributed by atoms with E-state index in [0.717, 1.165) is 24.4 Å². The highest BCUT2D eigenvalue weighted by molar-refractivity contribution is 7.71. The van der Waals surface area contributed by atoms with E-state index in [2.05, 4.69) is 35.5 Å². The maximum Gasteiger partial charge on any atom is 0.195 e. The molecule has 17 heavy (non-hydrogen) atoms. The smallest absolute Gasteiger partial charge is 0.195 e. The molecule has 0 fully saturated rings. The topological polar surface area (TPSA) is 46.8 Å². The highest BCUT2D eigenvalue weighted by atomic mass is 32.1. The van der Waals surface area contributed by atoms with E-state index in [-0.39, 0.29) is 5.54 Å². The number of rotatable bonds is 3. The van der Waals surface area contributed by atoms with Crippen LogP contribution in [0.25, 0.3) is 0 Å². The third-order valence-corrected chi connectivity index (χ3v) is 2.86. The fraction of sp³-hybridized carbons (Fsp3) is 0.500. The monoisotopic (exact) mass is 251 g/mol. The summed E-state index contributed by atoms with van der Waals surface area (Å²) >= 11 is 5.26. The largest absolute Gasteiger partial charge is 0.469 e. The Labute approximate surface area is 106 Å². The van der Waals surface area contributed by atoms with Gasteiger partial charge >= 0.3 is 0 Å². The number of H-pyrrole nitrogens is 1. The lowest BCUT2D eigenvalue weighted by Gasteiger charge is -2.22. The molecular formula is C12H17N3OS. The highest BCUT2D eigenvalue weighted by Gasteiger charge is 2.19. The zero-order valence-corrected chi connectivity index (χ0v) is 11.2. The van der Waals surface area contributed by atoms with Gasteiger partial charge in [0, 0.05) is 18.4 Å². The summed E-state index contributed by atoms with van der Waals surface area (Å²) in [6.45, 7) is 6.36. The molecule has 0 aliphatic heterocycles. The van der Waals surface area contributed by atoms with Crippen molar-refractivity contribution in [3.8, 4) is 0 Å². The zero-order valence-electron chi connectivity index (χ0n) is 10.4. The van der Waals surface area contributed by atoms with Gasteiger partial charge in [0.25, 0.3) is 0 Å². The summed E-state index contributed by atoms with van der Waals surface area (Å²) < 4.78 is 8.05. The quantitative estimate of drug-likeness (QED) is 0.853. The van der Waals surface area contributed by atoms with Crippen LogP contribution in [-0.2, 0) is 18.4 Å². The van der Waals surface area contributed by atoms with E-state index in [9.17, 15) is 0 Å². The van der Waals surface area contributed by atoms with Crippen molar-refractivity contribution < 1.29 is 4.42 Å². The van der Waals surface area contributed by atoms with Gasteiger partial charge in [-0.25, -0.2) is 0 Å². The number of hydrogen-bond donors (Lipinski definition) is 1. The lowest BCUT2D eigenvalue weighted by molar-refractivity contribution is 0.375. The molecule has 0 saturated heterocycles. The van der Waals surface area contributed by atoms with Crippen LogP contribution in [0.2, 0.25) is 0 Å². The van der Waals surface area contributed by atoms with Crippen LogP contribution in [0.15, 0.2) is 22.8 Å². The van der Waals surface area contributed by atoms with Crippen molar-refractivity contribution in [3.05, 3.63) is 34.8 Å². The molecule has 92 valence electrons. The van der Waals surface area contributed by atoms with Gasteiger partial charge in [-0.1, -0.05) is 0 Å². The summed E-state index contributed by atoms with van der Waals surface area (Å²) in [7, 11) is 0. The van der Waals surface area contributed by atoms with Crippen LogP contribution in [0.5, 0.6) is 0 Å². The molecule has 4 nitrogen and oxygen atoms in total. The number of hydrogen-bond acceptors (Lipinski definition) is 3. The summed E-state index contributed by atoms with van der Waals surface area (Å²) in [4.78, 5) is 0. The Morgan fingerprint density at radius 2 is 2.18 bits per heavy atom. The Balaban J connectivity index is 2.19. The van der Waals surface area contributed by atoms with Crippen LogP contribution in [0.4, 0.5) is 0 Å². The van der Waals surface area contributed by atoms with E-state index < -0.39 is 0 Å². The van der Waals surface area contributed by atoms with Gasteiger partial charge in [0.05, 0.1) is 6.26 Å². The Morgan fingerprint density at radius 3 is 2.76 bits per heavy atom. The van der Waals surface area contributed by atoms with Crippen LogP contribution < -0.4 is 0 Å². The molecule has 0 unspecified atom stereocenters. The molecule has 1 N–H and O–H groups in total. The molecule has 0 radical (unpaired) electrons. The average Bonchev–Trinajstić information content (AvgIpc) is 2.82. The van der Waals surface area contributed by atoms with Gasteiger partial charge in [-0.3, -0.25) is 9.67 Å². The van der Waals surface area contributed by atoms with E-state index >= 15 is 0 Å². The van der Waals surface area contributed by atoms with E-state index in [1.807, 2.05) is 12.1 Å². The lowest BCUT2D eigenvalue weighted by Crippen LogP contribution is -2.24. The number of furan rings is 1. The second-order valence-electron chi connectivity index (χ2n) is 5.03. The van der Waals surface area contributed by atoms with Gasteiger partial charge in [0.15, 0.2) is 4.77 Å². The Bertz CT molecular complexity index is 531. The lowest BCUT2D eigenvalue weighted by atomic mass is 10.1. The van der Waals surface area contributed by atoms with Crippen molar-refractivity contribution in [3.63, 3.8) is 0 Å². The molecule has 5 heteroatoms. The van der Waals surface area contributed by atoms with E-state index in [1.54, 1.807) is 6.26 Å². The first-order valence-electron chi connectivity index (χ1n) is 5.67. The van der Waals surface area contributed by atoms with Crippen molar-refractivity contribution in [1.29, 1.82) is 0 Å². The Hall–Kier alpha value is -1.36. The van der Waals surface area contributed by atoms with Gasteiger partial charge in [-0.15, -0.1) is 0 Å². The minimum atomic E-state index is -0.0530. The molecule has 0 atom stereocenters. The van der Waals surface area contributed by atoms with Crippen LogP contribution in [0, 0.1) is 4.77 Å². The summed E-state index contributed by atoms with van der Waals surface area (Å²) in [5, 5.41) is 7.14. The fourth-order valence-electron chi connectivity index (χ4n) is 1.88. The van der Waals surface area contributed by atoms with Crippen LogP contribution in [0.3, 0.4) is 0 Å². The van der Waals surface area contributed by atoms with Crippen LogP contribution >= 0.6 is 12.2 Å². The minimum absolute atomic E-state index is 0.0530. The Kier molecular flexibility index (Phi) is 3.19. The van der Waals surface area contributed by atoms with Crippen molar-refractivity contribution in [2.45, 2.75) is 39.2 Å². The van der Waals surface area contributed by atoms with Crippen LogP contribution in [0.1, 0.15) is 32.4 Å². The molecule has 2 heterocycles.